The zero-order valence-electron chi connectivity index (χ0n) is 12.2. The van der Waals surface area contributed by atoms with Crippen molar-refractivity contribution in [2.45, 2.75) is 53.6 Å². The fourth-order valence-corrected chi connectivity index (χ4v) is 2.43. The molecule has 100 valence electrons. The lowest BCUT2D eigenvalue weighted by molar-refractivity contribution is -0.965. The molecule has 0 aliphatic carbocycles. The summed E-state index contributed by atoms with van der Waals surface area (Å²) in [7, 11) is 0. The van der Waals surface area contributed by atoms with Crippen molar-refractivity contribution in [3.63, 3.8) is 0 Å². The van der Waals surface area contributed by atoms with Crippen LogP contribution in [0.5, 0.6) is 0 Å². The van der Waals surface area contributed by atoms with Crippen LogP contribution in [0.2, 0.25) is 0 Å². The lowest BCUT2D eigenvalue weighted by Crippen LogP contribution is -2.59. The number of nitrogens with zero attached hydrogens (tertiary/aromatic N) is 1. The number of esters is 1. The Morgan fingerprint density at radius 2 is 1.71 bits per heavy atom. The molecule has 0 aliphatic rings. The monoisotopic (exact) mass is 242 g/mol. The summed E-state index contributed by atoms with van der Waals surface area (Å²) < 4.78 is 6.18. The first kappa shape index (κ1) is 16.2. The van der Waals surface area contributed by atoms with Gasteiger partial charge in [0.25, 0.3) is 0 Å². The Kier molecular flexibility index (Phi) is 6.46. The van der Waals surface area contributed by atoms with Gasteiger partial charge in [-0.05, 0) is 41.5 Å². The van der Waals surface area contributed by atoms with Gasteiger partial charge in [0.2, 0.25) is 0 Å². The third kappa shape index (κ3) is 4.15. The average molecular weight is 242 g/mol. The van der Waals surface area contributed by atoms with Crippen LogP contribution in [0.3, 0.4) is 0 Å². The topological polar surface area (TPSA) is 26.3 Å². The molecule has 0 rings (SSSR count). The number of carbonyl (C=O) groups excluding carboxylic acids is 1. The number of likely N-dealkylation sites (N-methyl/N-ethyl adjacent to an activating group) is 1. The van der Waals surface area contributed by atoms with Crippen LogP contribution in [-0.4, -0.2) is 42.2 Å². The molecular weight excluding hydrogens is 214 g/mol. The predicted octanol–water partition coefficient (Wildman–Crippen LogP) is 2.76. The van der Waals surface area contributed by atoms with E-state index in [1.165, 1.54) is 0 Å². The SMILES string of the molecule is C=C(C)C(=O)OCC[N+](CC)(C(C)C)C(C)C. The molecule has 0 heterocycles. The Morgan fingerprint density at radius 3 is 2.00 bits per heavy atom. The summed E-state index contributed by atoms with van der Waals surface area (Å²) in [6.45, 7) is 18.7. The summed E-state index contributed by atoms with van der Waals surface area (Å²) in [4.78, 5) is 11.3. The van der Waals surface area contributed by atoms with Crippen molar-refractivity contribution in [1.82, 2.24) is 0 Å². The molecular formula is C14H28NO2+. The van der Waals surface area contributed by atoms with Crippen molar-refractivity contribution in [2.75, 3.05) is 19.7 Å². The van der Waals surface area contributed by atoms with E-state index in [1.54, 1.807) is 6.92 Å². The van der Waals surface area contributed by atoms with Crippen LogP contribution in [0.4, 0.5) is 0 Å². The fourth-order valence-electron chi connectivity index (χ4n) is 2.43. The van der Waals surface area contributed by atoms with Crippen LogP contribution < -0.4 is 0 Å². The summed E-state index contributed by atoms with van der Waals surface area (Å²) in [6, 6.07) is 1.06. The molecule has 0 unspecified atom stereocenters. The van der Waals surface area contributed by atoms with E-state index in [9.17, 15) is 4.79 Å². The lowest BCUT2D eigenvalue weighted by Gasteiger charge is -2.45. The smallest absolute Gasteiger partial charge is 0.333 e. The largest absolute Gasteiger partial charge is 0.456 e. The van der Waals surface area contributed by atoms with Crippen molar-refractivity contribution in [2.24, 2.45) is 0 Å². The first-order valence-electron chi connectivity index (χ1n) is 6.47. The van der Waals surface area contributed by atoms with Crippen LogP contribution in [0.15, 0.2) is 12.2 Å². The maximum Gasteiger partial charge on any atom is 0.333 e. The van der Waals surface area contributed by atoms with Gasteiger partial charge < -0.3 is 9.22 Å². The molecule has 0 fully saturated rings. The highest BCUT2D eigenvalue weighted by atomic mass is 16.5. The van der Waals surface area contributed by atoms with Gasteiger partial charge in [-0.1, -0.05) is 6.58 Å². The zero-order valence-corrected chi connectivity index (χ0v) is 12.2. The Bertz CT molecular complexity index is 261. The summed E-state index contributed by atoms with van der Waals surface area (Å²) in [5.74, 6) is -0.285. The first-order valence-corrected chi connectivity index (χ1v) is 6.47. The molecule has 0 radical (unpaired) electrons. The molecule has 0 aromatic rings. The average Bonchev–Trinajstić information content (AvgIpc) is 2.22. The van der Waals surface area contributed by atoms with Crippen molar-refractivity contribution >= 4 is 5.97 Å². The highest BCUT2D eigenvalue weighted by Crippen LogP contribution is 2.18. The molecule has 0 spiro atoms. The van der Waals surface area contributed by atoms with Crippen LogP contribution in [0.1, 0.15) is 41.5 Å². The Labute approximate surface area is 106 Å². The maximum absolute atomic E-state index is 11.3. The predicted molar refractivity (Wildman–Crippen MR) is 71.7 cm³/mol. The van der Waals surface area contributed by atoms with Crippen molar-refractivity contribution in [3.05, 3.63) is 12.2 Å². The normalized spacial score (nSPS) is 12.0. The van der Waals surface area contributed by atoms with Gasteiger partial charge in [0.15, 0.2) is 0 Å². The quantitative estimate of drug-likeness (QED) is 0.390. The van der Waals surface area contributed by atoms with E-state index < -0.39 is 0 Å². The van der Waals surface area contributed by atoms with Gasteiger partial charge in [-0.3, -0.25) is 0 Å². The number of rotatable bonds is 7. The molecule has 0 amide bonds. The molecule has 17 heavy (non-hydrogen) atoms. The van der Waals surface area contributed by atoms with Crippen LogP contribution in [0.25, 0.3) is 0 Å². The zero-order chi connectivity index (χ0) is 13.6. The molecule has 0 aromatic heterocycles. The lowest BCUT2D eigenvalue weighted by atomic mass is 10.1. The summed E-state index contributed by atoms with van der Waals surface area (Å²) >= 11 is 0. The summed E-state index contributed by atoms with van der Waals surface area (Å²) in [5.41, 5.74) is 0.466. The molecule has 0 atom stereocenters. The number of hydrogen-bond acceptors (Lipinski definition) is 2. The van der Waals surface area contributed by atoms with Gasteiger partial charge in [0, 0.05) is 5.57 Å². The van der Waals surface area contributed by atoms with Crippen molar-refractivity contribution < 1.29 is 14.0 Å². The summed E-state index contributed by atoms with van der Waals surface area (Å²) in [5, 5.41) is 0. The van der Waals surface area contributed by atoms with Crippen molar-refractivity contribution in [1.29, 1.82) is 0 Å². The van der Waals surface area contributed by atoms with Crippen LogP contribution in [0, 0.1) is 0 Å². The minimum atomic E-state index is -0.285. The van der Waals surface area contributed by atoms with E-state index in [0.29, 0.717) is 24.3 Å². The van der Waals surface area contributed by atoms with Crippen molar-refractivity contribution in [3.8, 4) is 0 Å². The van der Waals surface area contributed by atoms with E-state index in [0.717, 1.165) is 17.6 Å². The minimum Gasteiger partial charge on any atom is -0.456 e. The third-order valence-electron chi connectivity index (χ3n) is 3.73. The van der Waals surface area contributed by atoms with Gasteiger partial charge in [-0.15, -0.1) is 0 Å². The molecule has 0 saturated heterocycles. The van der Waals surface area contributed by atoms with E-state index in [-0.39, 0.29) is 5.97 Å². The van der Waals surface area contributed by atoms with Gasteiger partial charge in [0.05, 0.1) is 18.6 Å². The number of hydrogen-bond donors (Lipinski definition) is 0. The second kappa shape index (κ2) is 6.80. The number of quaternary nitrogens is 1. The highest BCUT2D eigenvalue weighted by Gasteiger charge is 2.32. The second-order valence-corrected chi connectivity index (χ2v) is 5.25. The van der Waals surface area contributed by atoms with Gasteiger partial charge in [-0.2, -0.15) is 0 Å². The molecule has 0 aliphatic heterocycles. The minimum absolute atomic E-state index is 0.285. The molecule has 0 aromatic carbocycles. The maximum atomic E-state index is 11.3. The second-order valence-electron chi connectivity index (χ2n) is 5.25. The van der Waals surface area contributed by atoms with Gasteiger partial charge >= 0.3 is 5.97 Å². The molecule has 3 heteroatoms. The van der Waals surface area contributed by atoms with E-state index in [1.807, 2.05) is 0 Å². The fraction of sp³-hybridized carbons (Fsp3) is 0.786. The Balaban J connectivity index is 4.47. The molecule has 0 N–H and O–H groups in total. The Morgan fingerprint density at radius 1 is 1.24 bits per heavy atom. The molecule has 0 bridgehead atoms. The molecule has 0 saturated carbocycles. The highest BCUT2D eigenvalue weighted by molar-refractivity contribution is 5.86. The number of carbonyl (C=O) groups is 1. The summed E-state index contributed by atoms with van der Waals surface area (Å²) in [6.07, 6.45) is 0. The van der Waals surface area contributed by atoms with Crippen LogP contribution in [-0.2, 0) is 9.53 Å². The van der Waals surface area contributed by atoms with Crippen LogP contribution >= 0.6 is 0 Å². The molecule has 3 nitrogen and oxygen atoms in total. The van der Waals surface area contributed by atoms with E-state index in [2.05, 4.69) is 41.2 Å². The van der Waals surface area contributed by atoms with Gasteiger partial charge in [0.1, 0.15) is 13.2 Å². The van der Waals surface area contributed by atoms with Gasteiger partial charge in [-0.25, -0.2) is 4.79 Å². The van der Waals surface area contributed by atoms with E-state index >= 15 is 0 Å². The Hall–Kier alpha value is -0.830. The number of ether oxygens (including phenoxy) is 1. The van der Waals surface area contributed by atoms with E-state index in [4.69, 9.17) is 4.74 Å². The first-order chi connectivity index (χ1) is 7.77. The standard InChI is InChI=1S/C14H28NO2/c1-8-15(12(4)5,13(6)7)9-10-17-14(16)11(2)3/h12-13H,2,8-10H2,1,3-7H3/q+1. The third-order valence-corrected chi connectivity index (χ3v) is 3.73.